The summed E-state index contributed by atoms with van der Waals surface area (Å²) in [5.41, 5.74) is -0.104. The van der Waals surface area contributed by atoms with Gasteiger partial charge in [0.05, 0.1) is 7.11 Å². The highest BCUT2D eigenvalue weighted by atomic mass is 16.6. The number of ether oxygens (including phenoxy) is 1. The Balaban J connectivity index is 2.12. The fraction of sp³-hybridized carbons (Fsp3) is 0.562. The van der Waals surface area contributed by atoms with Gasteiger partial charge >= 0.3 is 5.97 Å². The van der Waals surface area contributed by atoms with E-state index in [0.717, 1.165) is 12.0 Å². The van der Waals surface area contributed by atoms with Crippen molar-refractivity contribution in [2.75, 3.05) is 13.7 Å². The van der Waals surface area contributed by atoms with Crippen LogP contribution >= 0.6 is 0 Å². The molecule has 0 amide bonds. The van der Waals surface area contributed by atoms with Crippen molar-refractivity contribution in [3.8, 4) is 0 Å². The van der Waals surface area contributed by atoms with Gasteiger partial charge in [-0.3, -0.25) is 15.0 Å². The van der Waals surface area contributed by atoms with Gasteiger partial charge in [0, 0.05) is 23.4 Å². The lowest BCUT2D eigenvalue weighted by Gasteiger charge is -2.32. The van der Waals surface area contributed by atoms with Crippen LogP contribution in [0.4, 0.5) is 0 Å². The third-order valence-corrected chi connectivity index (χ3v) is 5.20. The quantitative estimate of drug-likeness (QED) is 0.485. The molecule has 0 aromatic heterocycles. The lowest BCUT2D eigenvalue weighted by atomic mass is 9.83. The Labute approximate surface area is 129 Å². The van der Waals surface area contributed by atoms with Gasteiger partial charge in [-0.2, -0.15) is 0 Å². The van der Waals surface area contributed by atoms with E-state index < -0.39 is 17.6 Å². The number of nitro groups is 1. The van der Waals surface area contributed by atoms with Gasteiger partial charge in [-0.25, -0.2) is 4.79 Å². The number of hydrogen-bond donors (Lipinski definition) is 0. The second-order valence-corrected chi connectivity index (χ2v) is 6.16. The number of carbonyl (C=O) groups is 1. The third-order valence-electron chi connectivity index (χ3n) is 5.20. The number of esters is 1. The molecule has 0 aliphatic carbocycles. The Kier molecular flexibility index (Phi) is 3.64. The normalized spacial score (nSPS) is 34.4. The van der Waals surface area contributed by atoms with Gasteiger partial charge < -0.3 is 4.74 Å². The first-order valence-corrected chi connectivity index (χ1v) is 7.57. The average Bonchev–Trinajstić information content (AvgIpc) is 3.02. The average molecular weight is 304 g/mol. The molecule has 22 heavy (non-hydrogen) atoms. The zero-order valence-electron chi connectivity index (χ0n) is 12.8. The van der Waals surface area contributed by atoms with Crippen molar-refractivity contribution in [1.29, 1.82) is 0 Å². The van der Waals surface area contributed by atoms with Gasteiger partial charge in [0.2, 0.25) is 6.04 Å². The minimum Gasteiger partial charge on any atom is -0.467 e. The van der Waals surface area contributed by atoms with E-state index in [9.17, 15) is 14.9 Å². The third kappa shape index (κ3) is 1.86. The number of hydrogen-bond acceptors (Lipinski definition) is 5. The molecule has 6 nitrogen and oxygen atoms in total. The van der Waals surface area contributed by atoms with E-state index in [2.05, 4.69) is 0 Å². The number of nitrogens with zero attached hydrogens (tertiary/aromatic N) is 2. The zero-order valence-corrected chi connectivity index (χ0v) is 12.8. The molecule has 0 N–H and O–H groups in total. The Bertz CT molecular complexity index is 591. The molecule has 1 aromatic rings. The second-order valence-electron chi connectivity index (χ2n) is 6.16. The molecule has 0 saturated carbocycles. The van der Waals surface area contributed by atoms with Crippen LogP contribution in [0.15, 0.2) is 30.3 Å². The molecule has 0 radical (unpaired) electrons. The van der Waals surface area contributed by atoms with E-state index in [1.807, 2.05) is 42.2 Å². The van der Waals surface area contributed by atoms with Crippen LogP contribution in [0.5, 0.6) is 0 Å². The summed E-state index contributed by atoms with van der Waals surface area (Å²) in [6.07, 6.45) is 1.26. The van der Waals surface area contributed by atoms with Crippen LogP contribution in [0.3, 0.4) is 0 Å². The second kappa shape index (κ2) is 5.35. The molecule has 6 heteroatoms. The summed E-state index contributed by atoms with van der Waals surface area (Å²) in [5, 5.41) is 11.7. The monoisotopic (exact) mass is 304 g/mol. The standard InChI is InChI=1S/C16H20N2O4/c1-11-13(12-7-4-3-5-8-12)17-10-6-9-16(17,15(19)22-2)14(11)18(20)21/h3-5,7-8,11,13-14H,6,9-10H2,1-2H3/t11-,13+,14+,16+/m0/s1. The molecular formula is C16H20N2O4. The summed E-state index contributed by atoms with van der Waals surface area (Å²) in [5.74, 6) is -0.728. The van der Waals surface area contributed by atoms with Crippen molar-refractivity contribution >= 4 is 5.97 Å². The van der Waals surface area contributed by atoms with Crippen LogP contribution in [0, 0.1) is 16.0 Å². The van der Waals surface area contributed by atoms with Crippen molar-refractivity contribution < 1.29 is 14.5 Å². The van der Waals surface area contributed by atoms with Crippen molar-refractivity contribution in [2.45, 2.75) is 37.4 Å². The fourth-order valence-corrected chi connectivity index (χ4v) is 4.48. The number of carbonyl (C=O) groups excluding carboxylic acids is 1. The van der Waals surface area contributed by atoms with Crippen LogP contribution in [-0.4, -0.2) is 41.0 Å². The van der Waals surface area contributed by atoms with Gasteiger partial charge in [-0.15, -0.1) is 0 Å². The molecule has 0 unspecified atom stereocenters. The van der Waals surface area contributed by atoms with Gasteiger partial charge in [0.15, 0.2) is 5.54 Å². The fourth-order valence-electron chi connectivity index (χ4n) is 4.48. The highest BCUT2D eigenvalue weighted by molar-refractivity contribution is 5.83. The van der Waals surface area contributed by atoms with Crippen molar-refractivity contribution in [1.82, 2.24) is 4.90 Å². The molecule has 2 fully saturated rings. The SMILES string of the molecule is COC(=O)[C@]12CCCN1[C@@H](c1ccccc1)[C@H](C)[C@H]2[N+](=O)[O-]. The van der Waals surface area contributed by atoms with E-state index in [-0.39, 0.29) is 16.9 Å². The lowest BCUT2D eigenvalue weighted by molar-refractivity contribution is -0.537. The van der Waals surface area contributed by atoms with Crippen molar-refractivity contribution in [3.63, 3.8) is 0 Å². The van der Waals surface area contributed by atoms with Crippen LogP contribution in [0.1, 0.15) is 31.4 Å². The van der Waals surface area contributed by atoms with Gasteiger partial charge in [0.1, 0.15) is 0 Å². The van der Waals surface area contributed by atoms with Crippen LogP contribution in [-0.2, 0) is 9.53 Å². The van der Waals surface area contributed by atoms with Crippen LogP contribution in [0.25, 0.3) is 0 Å². The van der Waals surface area contributed by atoms with Gasteiger partial charge in [-0.05, 0) is 18.4 Å². The largest absolute Gasteiger partial charge is 0.467 e. The van der Waals surface area contributed by atoms with E-state index >= 15 is 0 Å². The molecule has 4 atom stereocenters. The summed E-state index contributed by atoms with van der Waals surface area (Å²) >= 11 is 0. The Morgan fingerprint density at radius 2 is 2.09 bits per heavy atom. The smallest absolute Gasteiger partial charge is 0.333 e. The number of methoxy groups -OCH3 is 1. The minimum absolute atomic E-state index is 0.127. The number of benzene rings is 1. The Hall–Kier alpha value is -1.95. The van der Waals surface area contributed by atoms with Crippen molar-refractivity contribution in [3.05, 3.63) is 46.0 Å². The molecule has 2 aliphatic heterocycles. The van der Waals surface area contributed by atoms with Crippen molar-refractivity contribution in [2.24, 2.45) is 5.92 Å². The molecule has 1 aromatic carbocycles. The van der Waals surface area contributed by atoms with E-state index in [1.54, 1.807) is 0 Å². The van der Waals surface area contributed by atoms with E-state index in [0.29, 0.717) is 13.0 Å². The maximum absolute atomic E-state index is 12.5. The van der Waals surface area contributed by atoms with E-state index in [1.165, 1.54) is 7.11 Å². The Morgan fingerprint density at radius 1 is 1.41 bits per heavy atom. The summed E-state index contributed by atoms with van der Waals surface area (Å²) in [4.78, 5) is 25.9. The maximum atomic E-state index is 12.5. The topological polar surface area (TPSA) is 72.7 Å². The number of fused-ring (bicyclic) bond motifs is 1. The molecule has 0 spiro atoms. The summed E-state index contributed by atoms with van der Waals surface area (Å²) in [6.45, 7) is 2.55. The molecule has 2 heterocycles. The first kappa shape index (κ1) is 15.0. The molecule has 2 saturated heterocycles. The highest BCUT2D eigenvalue weighted by Crippen LogP contribution is 2.53. The van der Waals surface area contributed by atoms with Crippen LogP contribution < -0.4 is 0 Å². The minimum atomic E-state index is -1.13. The molecular weight excluding hydrogens is 284 g/mol. The van der Waals surface area contributed by atoms with Gasteiger partial charge in [0.25, 0.3) is 0 Å². The van der Waals surface area contributed by atoms with E-state index in [4.69, 9.17) is 4.74 Å². The van der Waals surface area contributed by atoms with Crippen LogP contribution in [0.2, 0.25) is 0 Å². The summed E-state index contributed by atoms with van der Waals surface area (Å²) in [6, 6.07) is 8.67. The first-order valence-electron chi connectivity index (χ1n) is 7.57. The molecule has 0 bridgehead atoms. The number of rotatable bonds is 3. The summed E-state index contributed by atoms with van der Waals surface area (Å²) < 4.78 is 4.97. The maximum Gasteiger partial charge on any atom is 0.333 e. The first-order chi connectivity index (χ1) is 10.5. The predicted molar refractivity (Wildman–Crippen MR) is 79.8 cm³/mol. The van der Waals surface area contributed by atoms with Gasteiger partial charge in [-0.1, -0.05) is 37.3 Å². The zero-order chi connectivity index (χ0) is 15.9. The highest BCUT2D eigenvalue weighted by Gasteiger charge is 2.70. The molecule has 3 rings (SSSR count). The Morgan fingerprint density at radius 3 is 2.68 bits per heavy atom. The molecule has 118 valence electrons. The predicted octanol–water partition coefficient (Wildman–Crippen LogP) is 2.03. The lowest BCUT2D eigenvalue weighted by Crippen LogP contribution is -2.56. The molecule has 2 aliphatic rings. The summed E-state index contributed by atoms with van der Waals surface area (Å²) in [7, 11) is 1.31.